The predicted octanol–water partition coefficient (Wildman–Crippen LogP) is 3.94. The van der Waals surface area contributed by atoms with Gasteiger partial charge in [-0.2, -0.15) is 0 Å². The summed E-state index contributed by atoms with van der Waals surface area (Å²) in [6.07, 6.45) is 1.95. The summed E-state index contributed by atoms with van der Waals surface area (Å²) in [7, 11) is 1.97. The fraction of sp³-hybridized carbons (Fsp3) is 0.444. The van der Waals surface area contributed by atoms with E-state index in [1.807, 2.05) is 25.3 Å². The molecule has 21 heavy (non-hydrogen) atoms. The lowest BCUT2D eigenvalue weighted by atomic mass is 10.0. The standard InChI is InChI=1S/C18H26N2O/c1-6-11-20(18(2,3)4)13-17-15(12-19-5)14-9-7-8-10-16(14)21-17/h6-10,19H,1,11-13H2,2-5H3. The molecule has 1 N–H and O–H groups in total. The maximum absolute atomic E-state index is 6.11. The maximum Gasteiger partial charge on any atom is 0.134 e. The van der Waals surface area contributed by atoms with Crippen molar-refractivity contribution in [2.75, 3.05) is 13.6 Å². The van der Waals surface area contributed by atoms with Crippen molar-refractivity contribution in [3.8, 4) is 0 Å². The van der Waals surface area contributed by atoms with E-state index in [2.05, 4.69) is 49.7 Å². The van der Waals surface area contributed by atoms with Crippen molar-refractivity contribution in [2.45, 2.75) is 39.4 Å². The summed E-state index contributed by atoms with van der Waals surface area (Å²) in [6, 6.07) is 8.24. The molecule has 0 aliphatic carbocycles. The average molecular weight is 286 g/mol. The Hall–Kier alpha value is -1.58. The van der Waals surface area contributed by atoms with E-state index in [0.29, 0.717) is 0 Å². The second-order valence-electron chi connectivity index (χ2n) is 6.37. The van der Waals surface area contributed by atoms with Crippen LogP contribution in [0.25, 0.3) is 11.0 Å². The third-order valence-electron chi connectivity index (χ3n) is 3.77. The first-order valence-corrected chi connectivity index (χ1v) is 7.47. The van der Waals surface area contributed by atoms with Crippen LogP contribution in [-0.2, 0) is 13.1 Å². The fourth-order valence-corrected chi connectivity index (χ4v) is 2.55. The largest absolute Gasteiger partial charge is 0.459 e. The van der Waals surface area contributed by atoms with Gasteiger partial charge < -0.3 is 9.73 Å². The lowest BCUT2D eigenvalue weighted by molar-refractivity contribution is 0.135. The Kier molecular flexibility index (Phi) is 4.86. The average Bonchev–Trinajstić information content (AvgIpc) is 2.76. The highest BCUT2D eigenvalue weighted by molar-refractivity contribution is 5.82. The lowest BCUT2D eigenvalue weighted by Gasteiger charge is -2.34. The third-order valence-corrected chi connectivity index (χ3v) is 3.77. The minimum atomic E-state index is 0.0735. The number of nitrogens with one attached hydrogen (secondary N) is 1. The summed E-state index contributed by atoms with van der Waals surface area (Å²) >= 11 is 0. The van der Waals surface area contributed by atoms with Crippen molar-refractivity contribution < 1.29 is 4.42 Å². The molecule has 0 aliphatic rings. The predicted molar refractivity (Wildman–Crippen MR) is 89.3 cm³/mol. The van der Waals surface area contributed by atoms with Crippen LogP contribution in [0.3, 0.4) is 0 Å². The Labute approximate surface area is 127 Å². The molecule has 0 radical (unpaired) electrons. The van der Waals surface area contributed by atoms with Gasteiger partial charge in [0.25, 0.3) is 0 Å². The van der Waals surface area contributed by atoms with Crippen LogP contribution in [0.2, 0.25) is 0 Å². The first kappa shape index (κ1) is 15.8. The zero-order valence-electron chi connectivity index (χ0n) is 13.6. The van der Waals surface area contributed by atoms with E-state index in [1.54, 1.807) is 0 Å². The molecule has 0 spiro atoms. The molecule has 0 amide bonds. The van der Waals surface area contributed by atoms with E-state index in [1.165, 1.54) is 10.9 Å². The highest BCUT2D eigenvalue weighted by Crippen LogP contribution is 2.28. The highest BCUT2D eigenvalue weighted by atomic mass is 16.3. The van der Waals surface area contributed by atoms with Gasteiger partial charge in [-0.05, 0) is 33.9 Å². The monoisotopic (exact) mass is 286 g/mol. The molecule has 1 aromatic heterocycles. The number of hydrogen-bond acceptors (Lipinski definition) is 3. The number of fused-ring (bicyclic) bond motifs is 1. The first-order valence-electron chi connectivity index (χ1n) is 7.47. The molecule has 0 aliphatic heterocycles. The molecular weight excluding hydrogens is 260 g/mol. The molecule has 3 heteroatoms. The summed E-state index contributed by atoms with van der Waals surface area (Å²) in [5, 5.41) is 4.45. The van der Waals surface area contributed by atoms with E-state index in [0.717, 1.165) is 31.0 Å². The maximum atomic E-state index is 6.11. The zero-order chi connectivity index (χ0) is 15.5. The van der Waals surface area contributed by atoms with Crippen molar-refractivity contribution in [3.63, 3.8) is 0 Å². The number of hydrogen-bond donors (Lipinski definition) is 1. The Morgan fingerprint density at radius 1 is 1.29 bits per heavy atom. The summed E-state index contributed by atoms with van der Waals surface area (Å²) in [5.41, 5.74) is 2.29. The molecule has 0 unspecified atom stereocenters. The molecule has 2 aromatic rings. The Morgan fingerprint density at radius 3 is 2.62 bits per heavy atom. The Morgan fingerprint density at radius 2 is 2.00 bits per heavy atom. The fourth-order valence-electron chi connectivity index (χ4n) is 2.55. The van der Waals surface area contributed by atoms with Crippen LogP contribution in [0, 0.1) is 0 Å². The molecule has 3 nitrogen and oxygen atoms in total. The molecule has 1 aromatic carbocycles. The quantitative estimate of drug-likeness (QED) is 0.815. The van der Waals surface area contributed by atoms with Gasteiger partial charge in [0.1, 0.15) is 11.3 Å². The third kappa shape index (κ3) is 3.55. The van der Waals surface area contributed by atoms with Gasteiger partial charge in [0.05, 0.1) is 6.54 Å². The SMILES string of the molecule is C=CCN(Cc1oc2ccccc2c1CNC)C(C)(C)C. The normalized spacial score (nSPS) is 12.2. The second kappa shape index (κ2) is 6.46. The zero-order valence-corrected chi connectivity index (χ0v) is 13.6. The number of rotatable bonds is 6. The minimum Gasteiger partial charge on any atom is -0.459 e. The molecular formula is C18H26N2O. The van der Waals surface area contributed by atoms with E-state index in [-0.39, 0.29) is 5.54 Å². The van der Waals surface area contributed by atoms with Crippen LogP contribution >= 0.6 is 0 Å². The number of benzene rings is 1. The van der Waals surface area contributed by atoms with Gasteiger partial charge in [-0.3, -0.25) is 4.90 Å². The van der Waals surface area contributed by atoms with Gasteiger partial charge in [-0.25, -0.2) is 0 Å². The van der Waals surface area contributed by atoms with Crippen LogP contribution in [0.1, 0.15) is 32.1 Å². The van der Waals surface area contributed by atoms with Gasteiger partial charge in [0, 0.05) is 29.6 Å². The summed E-state index contributed by atoms with van der Waals surface area (Å²) in [5.74, 6) is 1.04. The number of para-hydroxylation sites is 1. The van der Waals surface area contributed by atoms with Gasteiger partial charge in [0.2, 0.25) is 0 Å². The van der Waals surface area contributed by atoms with Gasteiger partial charge in [-0.1, -0.05) is 24.3 Å². The minimum absolute atomic E-state index is 0.0735. The molecule has 0 saturated heterocycles. The van der Waals surface area contributed by atoms with Crippen LogP contribution in [0.15, 0.2) is 41.3 Å². The summed E-state index contributed by atoms with van der Waals surface area (Å²) in [6.45, 7) is 13.0. The van der Waals surface area contributed by atoms with Crippen LogP contribution in [0.5, 0.6) is 0 Å². The lowest BCUT2D eigenvalue weighted by Crippen LogP contribution is -2.40. The molecule has 0 bridgehead atoms. The van der Waals surface area contributed by atoms with Crippen molar-refractivity contribution in [1.82, 2.24) is 10.2 Å². The number of nitrogens with zero attached hydrogens (tertiary/aromatic N) is 1. The Bertz CT molecular complexity index is 607. The first-order chi connectivity index (χ1) is 9.97. The smallest absolute Gasteiger partial charge is 0.134 e. The summed E-state index contributed by atoms with van der Waals surface area (Å²) in [4.78, 5) is 2.37. The van der Waals surface area contributed by atoms with E-state index in [9.17, 15) is 0 Å². The van der Waals surface area contributed by atoms with Gasteiger partial charge in [-0.15, -0.1) is 6.58 Å². The molecule has 0 atom stereocenters. The molecule has 1 heterocycles. The van der Waals surface area contributed by atoms with Crippen molar-refractivity contribution >= 4 is 11.0 Å². The van der Waals surface area contributed by atoms with Gasteiger partial charge >= 0.3 is 0 Å². The summed E-state index contributed by atoms with van der Waals surface area (Å²) < 4.78 is 6.11. The van der Waals surface area contributed by atoms with Gasteiger partial charge in [0.15, 0.2) is 0 Å². The van der Waals surface area contributed by atoms with Crippen LogP contribution in [0.4, 0.5) is 0 Å². The molecule has 0 saturated carbocycles. The van der Waals surface area contributed by atoms with Crippen LogP contribution in [-0.4, -0.2) is 24.0 Å². The number of furan rings is 1. The van der Waals surface area contributed by atoms with Crippen molar-refractivity contribution in [2.24, 2.45) is 0 Å². The highest BCUT2D eigenvalue weighted by Gasteiger charge is 2.23. The van der Waals surface area contributed by atoms with E-state index in [4.69, 9.17) is 4.42 Å². The molecule has 2 rings (SSSR count). The van der Waals surface area contributed by atoms with E-state index < -0.39 is 0 Å². The van der Waals surface area contributed by atoms with Crippen molar-refractivity contribution in [1.29, 1.82) is 0 Å². The molecule has 0 fully saturated rings. The Balaban J connectivity index is 2.40. The topological polar surface area (TPSA) is 28.4 Å². The second-order valence-corrected chi connectivity index (χ2v) is 6.37. The van der Waals surface area contributed by atoms with Crippen molar-refractivity contribution in [3.05, 3.63) is 48.2 Å². The van der Waals surface area contributed by atoms with E-state index >= 15 is 0 Å². The van der Waals surface area contributed by atoms with Crippen LogP contribution < -0.4 is 5.32 Å². The molecule has 114 valence electrons.